The summed E-state index contributed by atoms with van der Waals surface area (Å²) in [5, 5.41) is 0. The van der Waals surface area contributed by atoms with Crippen molar-refractivity contribution < 1.29 is 28.6 Å². The molecule has 0 fully saturated rings. The normalized spacial score (nSPS) is 12.9. The number of ether oxygens (including phenoxy) is 3. The highest BCUT2D eigenvalue weighted by Gasteiger charge is 2.34. The van der Waals surface area contributed by atoms with Crippen molar-refractivity contribution in [3.8, 4) is 0 Å². The fraction of sp³-hybridized carbons (Fsp3) is 0.400. The van der Waals surface area contributed by atoms with E-state index < -0.39 is 36.0 Å². The Bertz CT molecular complexity index is 931. The van der Waals surface area contributed by atoms with Gasteiger partial charge in [-0.25, -0.2) is 14.5 Å². The van der Waals surface area contributed by atoms with Crippen LogP contribution in [0.3, 0.4) is 0 Å². The van der Waals surface area contributed by atoms with E-state index in [1.165, 1.54) is 0 Å². The number of nitrogens with zero attached hydrogens (tertiary/aromatic N) is 1. The summed E-state index contributed by atoms with van der Waals surface area (Å²) in [6.07, 6.45) is -2.73. The minimum absolute atomic E-state index is 0.0243. The average molecular weight is 472 g/mol. The molecule has 0 spiro atoms. The third-order valence-electron chi connectivity index (χ3n) is 4.61. The van der Waals surface area contributed by atoms with Crippen molar-refractivity contribution in [2.75, 3.05) is 6.61 Å². The lowest BCUT2D eigenvalue weighted by Crippen LogP contribution is -2.56. The van der Waals surface area contributed by atoms with Gasteiger partial charge in [0.05, 0.1) is 18.8 Å². The molecule has 0 heterocycles. The van der Waals surface area contributed by atoms with Gasteiger partial charge in [0.15, 0.2) is 0 Å². The second-order valence-corrected chi connectivity index (χ2v) is 8.71. The number of carbonyl (C=O) groups is 3. The van der Waals surface area contributed by atoms with Gasteiger partial charge in [-0.05, 0) is 38.3 Å². The molecule has 0 bridgehead atoms. The predicted octanol–water partition coefficient (Wildman–Crippen LogP) is 3.35. The Morgan fingerprint density at radius 1 is 0.882 bits per heavy atom. The Hall–Kier alpha value is -3.43. The van der Waals surface area contributed by atoms with Crippen molar-refractivity contribution in [3.63, 3.8) is 0 Å². The molecule has 0 aliphatic heterocycles. The second-order valence-electron chi connectivity index (χ2n) is 8.71. The Morgan fingerprint density at radius 2 is 1.44 bits per heavy atom. The highest BCUT2D eigenvalue weighted by molar-refractivity contribution is 5.95. The zero-order valence-electron chi connectivity index (χ0n) is 19.8. The van der Waals surface area contributed by atoms with E-state index in [9.17, 15) is 14.4 Å². The van der Waals surface area contributed by atoms with Gasteiger partial charge < -0.3 is 25.7 Å². The Kier molecular flexibility index (Phi) is 10.0. The van der Waals surface area contributed by atoms with Crippen LogP contribution in [0.5, 0.6) is 0 Å². The molecule has 2 rings (SSSR count). The number of benzene rings is 2. The van der Waals surface area contributed by atoms with Gasteiger partial charge in [-0.15, -0.1) is 0 Å². The van der Waals surface area contributed by atoms with Crippen LogP contribution in [0.1, 0.15) is 38.3 Å². The van der Waals surface area contributed by atoms with Gasteiger partial charge in [0, 0.05) is 6.42 Å². The fourth-order valence-electron chi connectivity index (χ4n) is 2.98. The third-order valence-corrected chi connectivity index (χ3v) is 4.61. The van der Waals surface area contributed by atoms with Crippen LogP contribution < -0.4 is 11.5 Å². The minimum Gasteiger partial charge on any atom is -0.443 e. The van der Waals surface area contributed by atoms with Gasteiger partial charge >= 0.3 is 12.2 Å². The molecule has 9 nitrogen and oxygen atoms in total. The van der Waals surface area contributed by atoms with E-state index in [1.807, 2.05) is 60.7 Å². The van der Waals surface area contributed by atoms with Crippen molar-refractivity contribution in [2.24, 2.45) is 11.5 Å². The first kappa shape index (κ1) is 26.8. The first-order valence-electron chi connectivity index (χ1n) is 11.0. The van der Waals surface area contributed by atoms with E-state index in [2.05, 4.69) is 0 Å². The molecule has 0 aliphatic carbocycles. The smallest absolute Gasteiger partial charge is 0.443 e. The molecule has 0 radical (unpaired) electrons. The van der Waals surface area contributed by atoms with Crippen LogP contribution in [-0.2, 0) is 32.0 Å². The maximum atomic E-state index is 13.1. The molecule has 2 aromatic carbocycles. The number of rotatable bonds is 9. The number of nitrogens with two attached hydrogens (primary N) is 2. The first-order chi connectivity index (χ1) is 16.1. The minimum atomic E-state index is -1.12. The van der Waals surface area contributed by atoms with Crippen LogP contribution in [0.15, 0.2) is 60.7 Å². The van der Waals surface area contributed by atoms with E-state index in [1.54, 1.807) is 20.8 Å². The Morgan fingerprint density at radius 3 is 2.00 bits per heavy atom. The largest absolute Gasteiger partial charge is 0.508 e. The van der Waals surface area contributed by atoms with Gasteiger partial charge in [-0.3, -0.25) is 4.79 Å². The molecule has 34 heavy (non-hydrogen) atoms. The summed E-state index contributed by atoms with van der Waals surface area (Å²) in [5.74, 6) is -0.683. The van der Waals surface area contributed by atoms with Gasteiger partial charge in [-0.2, -0.15) is 0 Å². The molecule has 184 valence electrons. The third kappa shape index (κ3) is 9.21. The van der Waals surface area contributed by atoms with Crippen molar-refractivity contribution in [1.29, 1.82) is 0 Å². The van der Waals surface area contributed by atoms with E-state index in [-0.39, 0.29) is 26.1 Å². The molecule has 2 amide bonds. The molecule has 4 N–H and O–H groups in total. The summed E-state index contributed by atoms with van der Waals surface area (Å²) >= 11 is 0. The second kappa shape index (κ2) is 12.7. The monoisotopic (exact) mass is 471 g/mol. The average Bonchev–Trinajstić information content (AvgIpc) is 2.78. The van der Waals surface area contributed by atoms with E-state index in [0.717, 1.165) is 16.0 Å². The van der Waals surface area contributed by atoms with Gasteiger partial charge in [0.1, 0.15) is 12.2 Å². The lowest BCUT2D eigenvalue weighted by molar-refractivity contribution is -0.134. The van der Waals surface area contributed by atoms with Crippen LogP contribution in [0.25, 0.3) is 0 Å². The highest BCUT2D eigenvalue weighted by atomic mass is 16.7. The molecule has 0 aliphatic rings. The maximum absolute atomic E-state index is 13.1. The number of carbonyl (C=O) groups excluding carboxylic acids is 3. The van der Waals surface area contributed by atoms with Crippen LogP contribution in [0.2, 0.25) is 0 Å². The molecule has 0 unspecified atom stereocenters. The molecule has 2 atom stereocenters. The Balaban J connectivity index is 1.96. The summed E-state index contributed by atoms with van der Waals surface area (Å²) in [4.78, 5) is 38.5. The predicted molar refractivity (Wildman–Crippen MR) is 126 cm³/mol. The van der Waals surface area contributed by atoms with Crippen molar-refractivity contribution in [2.45, 2.75) is 58.0 Å². The quantitative estimate of drug-likeness (QED) is 0.420. The highest BCUT2D eigenvalue weighted by Crippen LogP contribution is 2.14. The van der Waals surface area contributed by atoms with Crippen molar-refractivity contribution >= 4 is 18.2 Å². The molecule has 2 aromatic rings. The maximum Gasteiger partial charge on any atom is 0.508 e. The van der Waals surface area contributed by atoms with Gasteiger partial charge in [0.25, 0.3) is 0 Å². The number of amides is 2. The van der Waals surface area contributed by atoms with E-state index in [0.29, 0.717) is 0 Å². The molecular weight excluding hydrogens is 438 g/mol. The summed E-state index contributed by atoms with van der Waals surface area (Å²) in [5.41, 5.74) is 13.0. The topological polar surface area (TPSA) is 134 Å². The SMILES string of the molecule is CC(C)(C)OC(=O)N(C(=O)[C@@H](N)Cc1ccccc1)[C@@H](N)CCOC(=O)OCc1ccccc1. The lowest BCUT2D eigenvalue weighted by atomic mass is 10.1. The molecule has 0 saturated heterocycles. The van der Waals surface area contributed by atoms with Crippen LogP contribution in [0.4, 0.5) is 9.59 Å². The van der Waals surface area contributed by atoms with Gasteiger partial charge in [-0.1, -0.05) is 60.7 Å². The first-order valence-corrected chi connectivity index (χ1v) is 11.0. The number of imide groups is 1. The number of hydrogen-bond acceptors (Lipinski definition) is 8. The number of hydrogen-bond donors (Lipinski definition) is 2. The van der Waals surface area contributed by atoms with Gasteiger partial charge in [0.2, 0.25) is 5.91 Å². The molecule has 0 aromatic heterocycles. The summed E-state index contributed by atoms with van der Waals surface area (Å²) < 4.78 is 15.4. The van der Waals surface area contributed by atoms with E-state index in [4.69, 9.17) is 25.7 Å². The molecule has 9 heteroatoms. The van der Waals surface area contributed by atoms with Crippen LogP contribution in [-0.4, -0.2) is 47.5 Å². The fourth-order valence-corrected chi connectivity index (χ4v) is 2.98. The molecule has 0 saturated carbocycles. The summed E-state index contributed by atoms with van der Waals surface area (Å²) in [7, 11) is 0. The molecular formula is C25H33N3O6. The summed E-state index contributed by atoms with van der Waals surface area (Å²) in [6, 6.07) is 17.3. The zero-order valence-corrected chi connectivity index (χ0v) is 19.8. The zero-order chi connectivity index (χ0) is 25.1. The lowest BCUT2D eigenvalue weighted by Gasteiger charge is -2.31. The Labute approximate surface area is 199 Å². The van der Waals surface area contributed by atoms with E-state index >= 15 is 0 Å². The standard InChI is InChI=1S/C25H33N3O6/c1-25(2,3)34-23(30)28(22(29)20(26)16-18-10-6-4-7-11-18)21(27)14-15-32-24(31)33-17-19-12-8-5-9-13-19/h4-13,20-21H,14-17,26-27H2,1-3H3/t20-,21+/m0/s1. The van der Waals surface area contributed by atoms with Crippen LogP contribution >= 0.6 is 0 Å². The summed E-state index contributed by atoms with van der Waals surface area (Å²) in [6.45, 7) is 4.91. The van der Waals surface area contributed by atoms with Crippen molar-refractivity contribution in [3.05, 3.63) is 71.8 Å². The van der Waals surface area contributed by atoms with Crippen molar-refractivity contribution in [1.82, 2.24) is 4.90 Å². The van der Waals surface area contributed by atoms with Crippen LogP contribution in [0, 0.1) is 0 Å².